The Morgan fingerprint density at radius 3 is 2.53 bits per heavy atom. The number of aromatic nitrogens is 4. The largest absolute Gasteiger partial charge is 0.333 e. The van der Waals surface area contributed by atoms with E-state index >= 15 is 0 Å². The molecule has 1 N–H and O–H groups in total. The zero-order chi connectivity index (χ0) is 22.1. The Morgan fingerprint density at radius 1 is 1.06 bits per heavy atom. The number of sulfone groups is 1. The van der Waals surface area contributed by atoms with Gasteiger partial charge in [0.15, 0.2) is 9.84 Å². The zero-order valence-electron chi connectivity index (χ0n) is 17.3. The third-order valence-electron chi connectivity index (χ3n) is 5.26. The lowest BCUT2D eigenvalue weighted by Gasteiger charge is -2.12. The number of benzene rings is 2. The van der Waals surface area contributed by atoms with Crippen molar-refractivity contribution in [1.82, 2.24) is 19.5 Å². The molecule has 8 nitrogen and oxygen atoms in total. The molecule has 3 heterocycles. The van der Waals surface area contributed by atoms with Crippen LogP contribution in [0.2, 0.25) is 0 Å². The van der Waals surface area contributed by atoms with Crippen molar-refractivity contribution in [3.05, 3.63) is 90.3 Å². The first-order valence-corrected chi connectivity index (χ1v) is 11.9. The monoisotopic (exact) mass is 444 g/mol. The zero-order valence-corrected chi connectivity index (χ0v) is 18.1. The van der Waals surface area contributed by atoms with Crippen molar-refractivity contribution >= 4 is 33.4 Å². The van der Waals surface area contributed by atoms with E-state index in [0.29, 0.717) is 11.6 Å². The Bertz CT molecular complexity index is 1380. The maximum absolute atomic E-state index is 11.7. The van der Waals surface area contributed by atoms with Crippen LogP contribution < -0.4 is 5.32 Å². The van der Waals surface area contributed by atoms with E-state index in [0.717, 1.165) is 29.1 Å². The normalized spacial score (nSPS) is 15.0. The first-order valence-electron chi connectivity index (χ1n) is 9.98. The molecule has 1 unspecified atom stereocenters. The lowest BCUT2D eigenvalue weighted by atomic mass is 9.98. The van der Waals surface area contributed by atoms with Crippen LogP contribution in [0.4, 0.5) is 17.3 Å². The number of fused-ring (bicyclic) bond motifs is 1. The van der Waals surface area contributed by atoms with Gasteiger partial charge in [0.05, 0.1) is 29.0 Å². The lowest BCUT2D eigenvalue weighted by Crippen LogP contribution is -2.05. The molecule has 9 heteroatoms. The summed E-state index contributed by atoms with van der Waals surface area (Å²) in [6, 6.07) is 14.9. The summed E-state index contributed by atoms with van der Waals surface area (Å²) in [5, 5.41) is 3.24. The molecule has 0 fully saturated rings. The number of aliphatic imine (C=N–C) groups is 1. The van der Waals surface area contributed by atoms with E-state index in [2.05, 4.69) is 25.3 Å². The van der Waals surface area contributed by atoms with Crippen LogP contribution in [0.5, 0.6) is 0 Å². The van der Waals surface area contributed by atoms with Crippen molar-refractivity contribution in [1.29, 1.82) is 0 Å². The van der Waals surface area contributed by atoms with Gasteiger partial charge in [-0.2, -0.15) is 0 Å². The molecule has 2 aromatic carbocycles. The van der Waals surface area contributed by atoms with Gasteiger partial charge in [-0.15, -0.1) is 0 Å². The maximum atomic E-state index is 11.7. The van der Waals surface area contributed by atoms with Gasteiger partial charge in [0, 0.05) is 37.1 Å². The maximum Gasteiger partial charge on any atom is 0.227 e. The number of rotatable bonds is 6. The van der Waals surface area contributed by atoms with Crippen LogP contribution in [0.3, 0.4) is 0 Å². The highest BCUT2D eigenvalue weighted by molar-refractivity contribution is 7.90. The highest BCUT2D eigenvalue weighted by atomic mass is 32.2. The Labute approximate surface area is 185 Å². The summed E-state index contributed by atoms with van der Waals surface area (Å²) in [7, 11) is -3.24. The second-order valence-electron chi connectivity index (χ2n) is 7.62. The molecule has 0 saturated carbocycles. The summed E-state index contributed by atoms with van der Waals surface area (Å²) < 4.78 is 25.5. The SMILES string of the molecule is CS(=O)(=O)c1ccc(C2C=Nc3cnc(Nc4ccc(Cn5ccnc5)cc4)nc32)cc1. The van der Waals surface area contributed by atoms with Gasteiger partial charge >= 0.3 is 0 Å². The fourth-order valence-corrected chi connectivity index (χ4v) is 4.21. The van der Waals surface area contributed by atoms with Crippen molar-refractivity contribution in [2.24, 2.45) is 4.99 Å². The van der Waals surface area contributed by atoms with E-state index in [1.165, 1.54) is 6.26 Å². The van der Waals surface area contributed by atoms with E-state index in [4.69, 9.17) is 0 Å². The van der Waals surface area contributed by atoms with Crippen molar-refractivity contribution in [3.63, 3.8) is 0 Å². The quantitative estimate of drug-likeness (QED) is 0.486. The molecule has 5 rings (SSSR count). The molecule has 0 amide bonds. The van der Waals surface area contributed by atoms with Crippen LogP contribution in [0.15, 0.2) is 83.3 Å². The molecular weight excluding hydrogens is 424 g/mol. The van der Waals surface area contributed by atoms with E-state index in [1.54, 1.807) is 43.0 Å². The van der Waals surface area contributed by atoms with E-state index < -0.39 is 9.84 Å². The highest BCUT2D eigenvalue weighted by Gasteiger charge is 2.24. The molecule has 1 atom stereocenters. The first-order chi connectivity index (χ1) is 15.5. The van der Waals surface area contributed by atoms with Crippen LogP contribution in [-0.4, -0.2) is 40.4 Å². The third kappa shape index (κ3) is 4.15. The minimum atomic E-state index is -3.24. The molecule has 1 aliphatic heterocycles. The minimum Gasteiger partial charge on any atom is -0.333 e. The average Bonchev–Trinajstić information content (AvgIpc) is 3.44. The standard InChI is InChI=1S/C23H20N6O2S/c1-32(30,31)19-8-4-17(5-9-19)20-12-25-21-13-26-23(28-22(20)21)27-18-6-2-16(3-7-18)14-29-11-10-24-15-29/h2-13,15,20H,14H2,1H3,(H,26,27,28). The van der Waals surface area contributed by atoms with Gasteiger partial charge in [-0.3, -0.25) is 4.99 Å². The van der Waals surface area contributed by atoms with Crippen molar-refractivity contribution in [2.45, 2.75) is 17.4 Å². The fourth-order valence-electron chi connectivity index (χ4n) is 3.58. The van der Waals surface area contributed by atoms with Gasteiger partial charge in [0.1, 0.15) is 5.69 Å². The second-order valence-corrected chi connectivity index (χ2v) is 9.63. The summed E-state index contributed by atoms with van der Waals surface area (Å²) in [5.74, 6) is 0.328. The van der Waals surface area contributed by atoms with E-state index in [1.807, 2.05) is 41.2 Å². The number of imidazole rings is 1. The Hall–Kier alpha value is -3.85. The number of hydrogen-bond acceptors (Lipinski definition) is 7. The summed E-state index contributed by atoms with van der Waals surface area (Å²) in [6.45, 7) is 0.757. The predicted molar refractivity (Wildman–Crippen MR) is 123 cm³/mol. The third-order valence-corrected chi connectivity index (χ3v) is 6.39. The second kappa shape index (κ2) is 8.01. The molecule has 0 saturated heterocycles. The molecule has 0 radical (unpaired) electrons. The van der Waals surface area contributed by atoms with Crippen molar-refractivity contribution in [3.8, 4) is 0 Å². The minimum absolute atomic E-state index is 0.153. The van der Waals surface area contributed by atoms with Crippen LogP contribution in [0.1, 0.15) is 22.7 Å². The average molecular weight is 445 g/mol. The van der Waals surface area contributed by atoms with Crippen LogP contribution >= 0.6 is 0 Å². The summed E-state index contributed by atoms with van der Waals surface area (Å²) in [4.78, 5) is 17.8. The van der Waals surface area contributed by atoms with Gasteiger partial charge in [0.2, 0.25) is 5.95 Å². The highest BCUT2D eigenvalue weighted by Crippen LogP contribution is 2.35. The van der Waals surface area contributed by atoms with Gasteiger partial charge in [-0.25, -0.2) is 23.4 Å². The molecule has 0 aliphatic carbocycles. The smallest absolute Gasteiger partial charge is 0.227 e. The van der Waals surface area contributed by atoms with Crippen LogP contribution in [0.25, 0.3) is 0 Å². The van der Waals surface area contributed by atoms with Gasteiger partial charge in [-0.1, -0.05) is 24.3 Å². The number of nitrogens with zero attached hydrogens (tertiary/aromatic N) is 5. The van der Waals surface area contributed by atoms with Crippen LogP contribution in [0, 0.1) is 0 Å². The number of nitrogens with one attached hydrogen (secondary N) is 1. The fraction of sp³-hybridized carbons (Fsp3) is 0.130. The Morgan fingerprint density at radius 2 is 1.84 bits per heavy atom. The Kier molecular flexibility index (Phi) is 5.02. The van der Waals surface area contributed by atoms with E-state index in [-0.39, 0.29) is 10.8 Å². The topological polar surface area (TPSA) is 102 Å². The lowest BCUT2D eigenvalue weighted by molar-refractivity contribution is 0.602. The summed E-state index contributed by atoms with van der Waals surface area (Å²) in [5.41, 5.74) is 4.46. The van der Waals surface area contributed by atoms with Crippen molar-refractivity contribution in [2.75, 3.05) is 11.6 Å². The number of hydrogen-bond donors (Lipinski definition) is 1. The van der Waals surface area contributed by atoms with Gasteiger partial charge < -0.3 is 9.88 Å². The molecule has 1 aliphatic rings. The first kappa shape index (κ1) is 20.1. The summed E-state index contributed by atoms with van der Waals surface area (Å²) in [6.07, 6.45) is 10.2. The molecule has 4 aromatic rings. The molecule has 160 valence electrons. The molecule has 32 heavy (non-hydrogen) atoms. The predicted octanol–water partition coefficient (Wildman–Crippen LogP) is 3.72. The number of anilines is 2. The van der Waals surface area contributed by atoms with E-state index in [9.17, 15) is 8.42 Å². The van der Waals surface area contributed by atoms with Gasteiger partial charge in [0.25, 0.3) is 0 Å². The Balaban J connectivity index is 1.34. The van der Waals surface area contributed by atoms with Crippen molar-refractivity contribution < 1.29 is 8.42 Å². The molecule has 2 aromatic heterocycles. The molecular formula is C23H20N6O2S. The molecule has 0 spiro atoms. The molecule has 0 bridgehead atoms. The summed E-state index contributed by atoms with van der Waals surface area (Å²) >= 11 is 0. The van der Waals surface area contributed by atoms with Gasteiger partial charge in [-0.05, 0) is 35.4 Å². The van der Waals surface area contributed by atoms with Crippen LogP contribution in [-0.2, 0) is 16.4 Å².